The molecule has 0 aliphatic carbocycles. The van der Waals surface area contributed by atoms with E-state index in [0.717, 1.165) is 9.21 Å². The van der Waals surface area contributed by atoms with Gasteiger partial charge in [0.1, 0.15) is 17.4 Å². The van der Waals surface area contributed by atoms with Crippen LogP contribution >= 0.6 is 11.6 Å². The van der Waals surface area contributed by atoms with Gasteiger partial charge in [0.25, 0.3) is 10.0 Å². The standard InChI is InChI=1S/C27H28ClFN4O6S/c1-16(2)33-26(35)18(15-31(27(33)36)21-8-5-19(28)6-9-21)14-30-25(34)22-4-3-11-32(22)40(37,38)24-13-17-12-20(29)7-10-23(17)39-24/h5-10,12-13,16,18,22H,3-4,11,14-15H2,1-2H3,(H,30,34)/t18?,22-/m0/s1. The zero-order valence-electron chi connectivity index (χ0n) is 21.8. The summed E-state index contributed by atoms with van der Waals surface area (Å²) in [7, 11) is -4.19. The SMILES string of the molecule is CC(C)N1C(=O)C(CNC(=O)[C@@H]2CCCN2S(=O)(=O)c2cc3cc(F)ccc3o2)CN(c2ccc(Cl)cc2)C1=O. The predicted octanol–water partition coefficient (Wildman–Crippen LogP) is 3.99. The number of benzene rings is 2. The highest BCUT2D eigenvalue weighted by atomic mass is 35.5. The van der Waals surface area contributed by atoms with Gasteiger partial charge in [-0.25, -0.2) is 17.6 Å². The van der Waals surface area contributed by atoms with Crippen LogP contribution in [-0.2, 0) is 19.6 Å². The Morgan fingerprint density at radius 1 is 1.15 bits per heavy atom. The number of carbonyl (C=O) groups is 3. The number of amides is 4. The minimum absolute atomic E-state index is 0.0328. The second-order valence-corrected chi connectivity index (χ2v) is 12.4. The van der Waals surface area contributed by atoms with Crippen molar-refractivity contribution in [1.29, 1.82) is 0 Å². The van der Waals surface area contributed by atoms with E-state index in [2.05, 4.69) is 5.32 Å². The third-order valence-corrected chi connectivity index (χ3v) is 9.15. The molecule has 2 aliphatic rings. The summed E-state index contributed by atoms with van der Waals surface area (Å²) in [6.07, 6.45) is 0.737. The lowest BCUT2D eigenvalue weighted by atomic mass is 10.0. The van der Waals surface area contributed by atoms with Gasteiger partial charge in [-0.2, -0.15) is 4.31 Å². The van der Waals surface area contributed by atoms with Gasteiger partial charge in [-0.3, -0.25) is 19.4 Å². The van der Waals surface area contributed by atoms with E-state index < -0.39 is 51.7 Å². The largest absolute Gasteiger partial charge is 0.443 e. The van der Waals surface area contributed by atoms with Crippen molar-refractivity contribution in [3.63, 3.8) is 0 Å². The van der Waals surface area contributed by atoms with Crippen LogP contribution in [0.15, 0.2) is 58.0 Å². The molecule has 0 radical (unpaired) electrons. The highest BCUT2D eigenvalue weighted by Crippen LogP contribution is 2.31. The van der Waals surface area contributed by atoms with Crippen LogP contribution in [0.3, 0.4) is 0 Å². The second kappa shape index (κ2) is 10.8. The molecule has 5 rings (SSSR count). The first-order valence-corrected chi connectivity index (χ1v) is 14.7. The zero-order valence-corrected chi connectivity index (χ0v) is 23.4. The molecule has 13 heteroatoms. The minimum Gasteiger partial charge on any atom is -0.443 e. The van der Waals surface area contributed by atoms with E-state index in [1.165, 1.54) is 29.2 Å². The molecule has 0 bridgehead atoms. The Morgan fingerprint density at radius 2 is 1.88 bits per heavy atom. The van der Waals surface area contributed by atoms with Crippen LogP contribution in [0.5, 0.6) is 0 Å². The lowest BCUT2D eigenvalue weighted by Crippen LogP contribution is -2.61. The third-order valence-electron chi connectivity index (χ3n) is 7.13. The molecule has 2 saturated heterocycles. The van der Waals surface area contributed by atoms with Crippen molar-refractivity contribution in [1.82, 2.24) is 14.5 Å². The number of hydrogen-bond donors (Lipinski definition) is 1. The van der Waals surface area contributed by atoms with Crippen LogP contribution in [0.2, 0.25) is 5.02 Å². The van der Waals surface area contributed by atoms with Crippen LogP contribution < -0.4 is 10.2 Å². The topological polar surface area (TPSA) is 120 Å². The number of nitrogens with one attached hydrogen (secondary N) is 1. The predicted molar refractivity (Wildman–Crippen MR) is 146 cm³/mol. The van der Waals surface area contributed by atoms with Gasteiger partial charge in [-0.05, 0) is 69.2 Å². The fraction of sp³-hybridized carbons (Fsp3) is 0.370. The first kappa shape index (κ1) is 28.1. The molecule has 212 valence electrons. The van der Waals surface area contributed by atoms with E-state index in [9.17, 15) is 27.2 Å². The lowest BCUT2D eigenvalue weighted by molar-refractivity contribution is -0.134. The van der Waals surface area contributed by atoms with E-state index in [0.29, 0.717) is 22.5 Å². The number of fused-ring (bicyclic) bond motifs is 1. The molecule has 2 aromatic carbocycles. The van der Waals surface area contributed by atoms with E-state index in [1.54, 1.807) is 38.1 Å². The maximum Gasteiger partial charge on any atom is 0.331 e. The van der Waals surface area contributed by atoms with Crippen molar-refractivity contribution < 1.29 is 31.6 Å². The van der Waals surface area contributed by atoms with Crippen LogP contribution in [0.25, 0.3) is 11.0 Å². The Labute approximate surface area is 235 Å². The first-order valence-electron chi connectivity index (χ1n) is 12.9. The Bertz CT molecular complexity index is 1580. The second-order valence-electron chi connectivity index (χ2n) is 10.1. The molecule has 1 aromatic heterocycles. The van der Waals surface area contributed by atoms with E-state index >= 15 is 0 Å². The van der Waals surface area contributed by atoms with Crippen LogP contribution in [-0.4, -0.2) is 67.2 Å². The van der Waals surface area contributed by atoms with E-state index in [4.69, 9.17) is 16.0 Å². The number of carbonyl (C=O) groups excluding carboxylic acids is 3. The van der Waals surface area contributed by atoms with Gasteiger partial charge in [-0.15, -0.1) is 0 Å². The third kappa shape index (κ3) is 5.18. The molecule has 0 saturated carbocycles. The molecule has 3 aromatic rings. The number of sulfonamides is 1. The highest BCUT2D eigenvalue weighted by Gasteiger charge is 2.43. The van der Waals surface area contributed by atoms with E-state index in [-0.39, 0.29) is 36.7 Å². The van der Waals surface area contributed by atoms with Crippen molar-refractivity contribution in [2.75, 3.05) is 24.5 Å². The Hall–Kier alpha value is -3.48. The molecule has 0 spiro atoms. The number of imide groups is 1. The maximum absolute atomic E-state index is 13.6. The Kier molecular flexibility index (Phi) is 7.60. The van der Waals surface area contributed by atoms with Crippen molar-refractivity contribution in [2.45, 2.75) is 43.9 Å². The van der Waals surface area contributed by atoms with Crippen molar-refractivity contribution in [3.8, 4) is 0 Å². The number of furan rings is 1. The van der Waals surface area contributed by atoms with Crippen molar-refractivity contribution >= 4 is 56.1 Å². The molecule has 2 atom stereocenters. The Morgan fingerprint density at radius 3 is 2.58 bits per heavy atom. The molecular formula is C27H28ClFN4O6S. The molecule has 3 heterocycles. The van der Waals surface area contributed by atoms with Crippen LogP contribution in [0.4, 0.5) is 14.9 Å². The monoisotopic (exact) mass is 590 g/mol. The number of anilines is 1. The lowest BCUT2D eigenvalue weighted by Gasteiger charge is -2.40. The van der Waals surface area contributed by atoms with Gasteiger partial charge in [0.15, 0.2) is 0 Å². The number of hydrogen-bond acceptors (Lipinski definition) is 6. The average molecular weight is 591 g/mol. The van der Waals surface area contributed by atoms with Gasteiger partial charge >= 0.3 is 6.03 Å². The minimum atomic E-state index is -4.19. The number of nitrogens with zero attached hydrogens (tertiary/aromatic N) is 3. The maximum atomic E-state index is 13.6. The van der Waals surface area contributed by atoms with Crippen LogP contribution in [0, 0.1) is 11.7 Å². The molecular weight excluding hydrogens is 563 g/mol. The normalized spacial score (nSPS) is 20.6. The van der Waals surface area contributed by atoms with Gasteiger partial charge in [0.2, 0.25) is 16.9 Å². The van der Waals surface area contributed by atoms with Gasteiger partial charge in [-0.1, -0.05) is 11.6 Å². The number of halogens is 2. The summed E-state index contributed by atoms with van der Waals surface area (Å²) in [5.74, 6) is -2.25. The molecule has 40 heavy (non-hydrogen) atoms. The summed E-state index contributed by atoms with van der Waals surface area (Å²) in [4.78, 5) is 42.2. The summed E-state index contributed by atoms with van der Waals surface area (Å²) < 4.78 is 46.9. The average Bonchev–Trinajstić information content (AvgIpc) is 3.57. The highest BCUT2D eigenvalue weighted by molar-refractivity contribution is 7.89. The molecule has 10 nitrogen and oxygen atoms in total. The summed E-state index contributed by atoms with van der Waals surface area (Å²) in [6.45, 7) is 3.50. The molecule has 1 unspecified atom stereocenters. The van der Waals surface area contributed by atoms with Crippen LogP contribution in [0.1, 0.15) is 26.7 Å². The van der Waals surface area contributed by atoms with Gasteiger partial charge < -0.3 is 9.73 Å². The van der Waals surface area contributed by atoms with E-state index in [1.807, 2.05) is 0 Å². The number of urea groups is 1. The fourth-order valence-electron chi connectivity index (χ4n) is 5.13. The first-order chi connectivity index (χ1) is 19.0. The zero-order chi connectivity index (χ0) is 28.8. The summed E-state index contributed by atoms with van der Waals surface area (Å²) in [6, 6.07) is 9.68. The molecule has 4 amide bonds. The quantitative estimate of drug-likeness (QED) is 0.444. The summed E-state index contributed by atoms with van der Waals surface area (Å²) >= 11 is 5.99. The summed E-state index contributed by atoms with van der Waals surface area (Å²) in [5, 5.41) is 3.16. The van der Waals surface area contributed by atoms with Crippen molar-refractivity contribution in [2.24, 2.45) is 5.92 Å². The number of rotatable bonds is 7. The summed E-state index contributed by atoms with van der Waals surface area (Å²) in [5.41, 5.74) is 0.771. The van der Waals surface area contributed by atoms with Gasteiger partial charge in [0, 0.05) is 47.8 Å². The van der Waals surface area contributed by atoms with Gasteiger partial charge in [0.05, 0.1) is 5.92 Å². The smallest absolute Gasteiger partial charge is 0.331 e. The van der Waals surface area contributed by atoms with Crippen molar-refractivity contribution in [3.05, 3.63) is 59.4 Å². The molecule has 2 aliphatic heterocycles. The molecule has 1 N–H and O–H groups in total. The fourth-order valence-corrected chi connectivity index (χ4v) is 6.86. The molecule has 2 fully saturated rings. The Balaban J connectivity index is 1.32.